The van der Waals surface area contributed by atoms with E-state index in [0.717, 1.165) is 38.5 Å². The van der Waals surface area contributed by atoms with Crippen LogP contribution in [0.1, 0.15) is 399 Å². The number of aliphatic hydroxyl groups excluding tert-OH is 2. The minimum absolute atomic E-state index is 0.0237. The predicted molar refractivity (Wildman–Crippen MR) is 333 cm³/mol. The third-order valence-electron chi connectivity index (χ3n) is 16.6. The Kier molecular flexibility index (Phi) is 64.9. The van der Waals surface area contributed by atoms with Crippen molar-refractivity contribution in [3.63, 3.8) is 0 Å². The standard InChI is InChI=1S/C70H137NO5/c1-3-5-7-9-11-13-15-17-18-19-33-36-40-44-48-52-56-60-64-70(75)76-65-61-57-53-49-45-41-37-34-31-29-27-25-23-21-20-22-24-26-28-30-32-35-39-43-47-51-55-59-63-69(74)71-67(66-72)68(73)62-58-54-50-46-42-38-16-14-12-10-8-6-4-2/h58,62,67-68,72-73H,3-57,59-61,63-66H2,1-2H3,(H,71,74)/b62-58+. The molecule has 0 aromatic carbocycles. The highest BCUT2D eigenvalue weighted by Gasteiger charge is 2.18. The molecule has 0 saturated heterocycles. The Balaban J connectivity index is 3.32. The molecule has 0 spiro atoms. The zero-order valence-corrected chi connectivity index (χ0v) is 51.8. The molecule has 0 bridgehead atoms. The van der Waals surface area contributed by atoms with Gasteiger partial charge in [0.05, 0.1) is 25.4 Å². The summed E-state index contributed by atoms with van der Waals surface area (Å²) >= 11 is 0. The summed E-state index contributed by atoms with van der Waals surface area (Å²) < 4.78 is 5.51. The second-order valence-electron chi connectivity index (χ2n) is 24.2. The second kappa shape index (κ2) is 66.1. The molecule has 452 valence electrons. The quantitative estimate of drug-likeness (QED) is 0.0320. The zero-order chi connectivity index (χ0) is 55.0. The Hall–Kier alpha value is -1.40. The molecule has 0 aliphatic heterocycles. The van der Waals surface area contributed by atoms with E-state index < -0.39 is 12.1 Å². The van der Waals surface area contributed by atoms with Crippen molar-refractivity contribution in [1.82, 2.24) is 5.32 Å². The lowest BCUT2D eigenvalue weighted by Gasteiger charge is -2.20. The summed E-state index contributed by atoms with van der Waals surface area (Å²) in [6.07, 6.45) is 81.5. The van der Waals surface area contributed by atoms with Crippen molar-refractivity contribution in [2.75, 3.05) is 13.2 Å². The van der Waals surface area contributed by atoms with E-state index in [2.05, 4.69) is 19.2 Å². The molecule has 0 aliphatic rings. The average Bonchev–Trinajstić information content (AvgIpc) is 3.42. The molecule has 0 aliphatic carbocycles. The molecule has 76 heavy (non-hydrogen) atoms. The van der Waals surface area contributed by atoms with Crippen LogP contribution >= 0.6 is 0 Å². The van der Waals surface area contributed by atoms with E-state index in [0.29, 0.717) is 19.4 Å². The lowest BCUT2D eigenvalue weighted by molar-refractivity contribution is -0.143. The van der Waals surface area contributed by atoms with E-state index in [9.17, 15) is 19.8 Å². The molecule has 0 heterocycles. The van der Waals surface area contributed by atoms with Crippen LogP contribution in [0.15, 0.2) is 12.2 Å². The van der Waals surface area contributed by atoms with Crippen LogP contribution in [0.2, 0.25) is 0 Å². The van der Waals surface area contributed by atoms with E-state index in [-0.39, 0.29) is 18.5 Å². The summed E-state index contributed by atoms with van der Waals surface area (Å²) in [5.41, 5.74) is 0. The van der Waals surface area contributed by atoms with Gasteiger partial charge in [0.15, 0.2) is 0 Å². The topological polar surface area (TPSA) is 95.9 Å². The van der Waals surface area contributed by atoms with Crippen LogP contribution < -0.4 is 5.32 Å². The Morgan fingerprint density at radius 2 is 0.605 bits per heavy atom. The van der Waals surface area contributed by atoms with Crippen molar-refractivity contribution in [3.05, 3.63) is 12.2 Å². The Morgan fingerprint density at radius 3 is 0.895 bits per heavy atom. The number of amides is 1. The summed E-state index contributed by atoms with van der Waals surface area (Å²) in [4.78, 5) is 24.6. The fourth-order valence-corrected chi connectivity index (χ4v) is 11.2. The first kappa shape index (κ1) is 74.6. The Labute approximate surface area is 476 Å². The van der Waals surface area contributed by atoms with Crippen molar-refractivity contribution in [2.45, 2.75) is 411 Å². The monoisotopic (exact) mass is 1070 g/mol. The summed E-state index contributed by atoms with van der Waals surface area (Å²) in [6.45, 7) is 4.94. The highest BCUT2D eigenvalue weighted by atomic mass is 16.5. The molecule has 0 fully saturated rings. The van der Waals surface area contributed by atoms with Crippen LogP contribution in [-0.4, -0.2) is 47.4 Å². The highest BCUT2D eigenvalue weighted by molar-refractivity contribution is 5.76. The summed E-state index contributed by atoms with van der Waals surface area (Å²) in [5, 5.41) is 23.1. The van der Waals surface area contributed by atoms with Crippen LogP contribution in [0.5, 0.6) is 0 Å². The molecule has 0 saturated carbocycles. The van der Waals surface area contributed by atoms with Crippen molar-refractivity contribution < 1.29 is 24.5 Å². The molecule has 3 N–H and O–H groups in total. The van der Waals surface area contributed by atoms with Gasteiger partial charge in [0.25, 0.3) is 0 Å². The minimum atomic E-state index is -0.841. The number of unbranched alkanes of at least 4 members (excludes halogenated alkanes) is 55. The van der Waals surface area contributed by atoms with Gasteiger partial charge in [0.1, 0.15) is 0 Å². The first-order chi connectivity index (χ1) is 37.5. The predicted octanol–water partition coefficient (Wildman–Crippen LogP) is 22.4. The van der Waals surface area contributed by atoms with Gasteiger partial charge in [0, 0.05) is 12.8 Å². The van der Waals surface area contributed by atoms with Crippen LogP contribution in [0, 0.1) is 0 Å². The van der Waals surface area contributed by atoms with Gasteiger partial charge < -0.3 is 20.3 Å². The number of hydrogen-bond acceptors (Lipinski definition) is 5. The van der Waals surface area contributed by atoms with Crippen LogP contribution in [0.3, 0.4) is 0 Å². The molecule has 2 unspecified atom stereocenters. The van der Waals surface area contributed by atoms with Gasteiger partial charge in [-0.15, -0.1) is 0 Å². The Bertz CT molecular complexity index is 1140. The van der Waals surface area contributed by atoms with E-state index >= 15 is 0 Å². The van der Waals surface area contributed by atoms with Gasteiger partial charge in [-0.25, -0.2) is 0 Å². The maximum Gasteiger partial charge on any atom is 0.305 e. The van der Waals surface area contributed by atoms with Crippen molar-refractivity contribution in [2.24, 2.45) is 0 Å². The van der Waals surface area contributed by atoms with Gasteiger partial charge in [-0.05, 0) is 32.1 Å². The number of carbonyl (C=O) groups is 2. The number of nitrogens with one attached hydrogen (secondary N) is 1. The summed E-state index contributed by atoms with van der Waals surface area (Å²) in [5.74, 6) is -0.0391. The Morgan fingerprint density at radius 1 is 0.355 bits per heavy atom. The minimum Gasteiger partial charge on any atom is -0.466 e. The summed E-state index contributed by atoms with van der Waals surface area (Å²) in [7, 11) is 0. The fourth-order valence-electron chi connectivity index (χ4n) is 11.2. The van der Waals surface area contributed by atoms with E-state index in [1.54, 1.807) is 6.08 Å². The molecular formula is C70H137NO5. The van der Waals surface area contributed by atoms with Gasteiger partial charge in [-0.2, -0.15) is 0 Å². The number of carbonyl (C=O) groups excluding carboxylic acids is 2. The number of allylic oxidation sites excluding steroid dienone is 1. The maximum absolute atomic E-state index is 12.5. The third-order valence-corrected chi connectivity index (χ3v) is 16.6. The normalized spacial score (nSPS) is 12.5. The molecule has 0 aromatic heterocycles. The summed E-state index contributed by atoms with van der Waals surface area (Å²) in [6, 6.07) is -0.624. The largest absolute Gasteiger partial charge is 0.466 e. The fraction of sp³-hybridized carbons (Fsp3) is 0.943. The van der Waals surface area contributed by atoms with Gasteiger partial charge in [0.2, 0.25) is 5.91 Å². The van der Waals surface area contributed by atoms with Crippen LogP contribution in [-0.2, 0) is 14.3 Å². The first-order valence-electron chi connectivity index (χ1n) is 35.0. The molecule has 2 atom stereocenters. The number of esters is 1. The molecule has 6 nitrogen and oxygen atoms in total. The van der Waals surface area contributed by atoms with E-state index in [4.69, 9.17) is 4.74 Å². The molecule has 6 heteroatoms. The van der Waals surface area contributed by atoms with Crippen LogP contribution in [0.4, 0.5) is 0 Å². The van der Waals surface area contributed by atoms with Crippen molar-refractivity contribution in [1.29, 1.82) is 0 Å². The second-order valence-corrected chi connectivity index (χ2v) is 24.2. The lowest BCUT2D eigenvalue weighted by atomic mass is 10.0. The zero-order valence-electron chi connectivity index (χ0n) is 51.8. The molecule has 1 amide bonds. The first-order valence-corrected chi connectivity index (χ1v) is 35.0. The highest BCUT2D eigenvalue weighted by Crippen LogP contribution is 2.19. The van der Waals surface area contributed by atoms with Crippen LogP contribution in [0.25, 0.3) is 0 Å². The lowest BCUT2D eigenvalue weighted by Crippen LogP contribution is -2.45. The number of ether oxygens (including phenoxy) is 1. The number of hydrogen-bond donors (Lipinski definition) is 3. The van der Waals surface area contributed by atoms with Gasteiger partial charge in [-0.3, -0.25) is 9.59 Å². The number of rotatable bonds is 66. The molecule has 0 aromatic rings. The van der Waals surface area contributed by atoms with Crippen molar-refractivity contribution >= 4 is 11.9 Å². The third kappa shape index (κ3) is 61.8. The molecular weight excluding hydrogens is 935 g/mol. The van der Waals surface area contributed by atoms with Gasteiger partial charge in [-0.1, -0.05) is 366 Å². The molecule has 0 rings (SSSR count). The average molecular weight is 1070 g/mol. The SMILES string of the molecule is CCCCCCCCCCCCC/C=C/C(O)C(CO)NC(=O)CCCCCCCCCCCCCCCCCCCCCCCCCCCCCCOC(=O)CCCCCCCCCCCCCCCCCCCC. The maximum atomic E-state index is 12.5. The van der Waals surface area contributed by atoms with Crippen molar-refractivity contribution in [3.8, 4) is 0 Å². The smallest absolute Gasteiger partial charge is 0.305 e. The number of aliphatic hydroxyl groups is 2. The van der Waals surface area contributed by atoms with Gasteiger partial charge >= 0.3 is 5.97 Å². The molecule has 0 radical (unpaired) electrons. The van der Waals surface area contributed by atoms with E-state index in [1.165, 1.54) is 334 Å². The van der Waals surface area contributed by atoms with E-state index in [1.807, 2.05) is 6.08 Å².